The molecule has 4 bridgehead atoms. The SMILES string of the molecule is CP(C)(=O)c1ccc(Nc2ncc(C(F)(F)F)c(NCC3C4CC5CC(C4)CC3C5)n2)cc1. The summed E-state index contributed by atoms with van der Waals surface area (Å²) in [7, 11) is -2.38. The van der Waals surface area contributed by atoms with Crippen molar-refractivity contribution in [3.05, 3.63) is 36.0 Å². The summed E-state index contributed by atoms with van der Waals surface area (Å²) in [6.07, 6.45) is 2.55. The summed E-state index contributed by atoms with van der Waals surface area (Å²) in [6.45, 7) is 3.90. The second-order valence-corrected chi connectivity index (χ2v) is 13.7. The Bertz CT molecular complexity index is 1040. The highest BCUT2D eigenvalue weighted by molar-refractivity contribution is 7.70. The lowest BCUT2D eigenvalue weighted by Gasteiger charge is -2.54. The van der Waals surface area contributed by atoms with E-state index in [1.807, 2.05) is 0 Å². The number of nitrogens with zero attached hydrogens (tertiary/aromatic N) is 2. The molecule has 178 valence electrons. The number of anilines is 3. The molecule has 0 amide bonds. The Kier molecular flexibility index (Phi) is 5.71. The zero-order valence-electron chi connectivity index (χ0n) is 18.9. The summed E-state index contributed by atoms with van der Waals surface area (Å²) in [5, 5.41) is 6.76. The van der Waals surface area contributed by atoms with Crippen LogP contribution in [-0.2, 0) is 10.7 Å². The lowest BCUT2D eigenvalue weighted by Crippen LogP contribution is -2.47. The minimum absolute atomic E-state index is 0.0968. The number of benzene rings is 1. The van der Waals surface area contributed by atoms with Gasteiger partial charge in [-0.2, -0.15) is 18.2 Å². The molecule has 0 spiro atoms. The molecule has 6 rings (SSSR count). The normalized spacial score (nSPS) is 28.7. The number of nitrogens with one attached hydrogen (secondary N) is 2. The van der Waals surface area contributed by atoms with E-state index in [4.69, 9.17) is 0 Å². The van der Waals surface area contributed by atoms with E-state index in [9.17, 15) is 17.7 Å². The molecule has 4 aliphatic carbocycles. The van der Waals surface area contributed by atoms with E-state index >= 15 is 0 Å². The lowest BCUT2D eigenvalue weighted by molar-refractivity contribution is -0.137. The van der Waals surface area contributed by atoms with Gasteiger partial charge in [0.25, 0.3) is 0 Å². The average molecular weight is 478 g/mol. The maximum atomic E-state index is 13.6. The predicted molar refractivity (Wildman–Crippen MR) is 125 cm³/mol. The molecule has 5 nitrogen and oxygen atoms in total. The quantitative estimate of drug-likeness (QED) is 0.501. The third kappa shape index (κ3) is 4.77. The van der Waals surface area contributed by atoms with Crippen LogP contribution >= 0.6 is 7.14 Å². The third-order valence-corrected chi connectivity index (χ3v) is 9.31. The van der Waals surface area contributed by atoms with Gasteiger partial charge in [0.15, 0.2) is 0 Å². The van der Waals surface area contributed by atoms with E-state index < -0.39 is 18.9 Å². The topological polar surface area (TPSA) is 66.9 Å². The van der Waals surface area contributed by atoms with Crippen molar-refractivity contribution in [1.29, 1.82) is 0 Å². The summed E-state index contributed by atoms with van der Waals surface area (Å²) < 4.78 is 53.1. The second-order valence-electron chi connectivity index (χ2n) is 10.5. The van der Waals surface area contributed by atoms with Gasteiger partial charge in [-0.1, -0.05) is 0 Å². The average Bonchev–Trinajstić information content (AvgIpc) is 2.72. The number of aromatic nitrogens is 2. The van der Waals surface area contributed by atoms with Crippen molar-refractivity contribution in [2.45, 2.75) is 38.3 Å². The predicted octanol–water partition coefficient (Wildman–Crippen LogP) is 5.97. The van der Waals surface area contributed by atoms with E-state index in [-0.39, 0.29) is 11.8 Å². The first-order chi connectivity index (χ1) is 15.6. The van der Waals surface area contributed by atoms with Gasteiger partial charge in [0, 0.05) is 23.7 Å². The zero-order valence-corrected chi connectivity index (χ0v) is 19.8. The molecule has 0 unspecified atom stereocenters. The Morgan fingerprint density at radius 2 is 1.61 bits per heavy atom. The van der Waals surface area contributed by atoms with Crippen LogP contribution in [0.2, 0.25) is 0 Å². The Balaban J connectivity index is 1.33. The van der Waals surface area contributed by atoms with Gasteiger partial charge in [-0.3, -0.25) is 0 Å². The molecule has 0 saturated heterocycles. The Hall–Kier alpha value is -2.08. The molecular weight excluding hydrogens is 448 g/mol. The van der Waals surface area contributed by atoms with Crippen molar-refractivity contribution in [2.75, 3.05) is 30.5 Å². The van der Waals surface area contributed by atoms with Crippen molar-refractivity contribution in [2.24, 2.45) is 29.6 Å². The van der Waals surface area contributed by atoms with E-state index in [2.05, 4.69) is 20.6 Å². The van der Waals surface area contributed by atoms with Crippen LogP contribution in [0.4, 0.5) is 30.6 Å². The minimum Gasteiger partial charge on any atom is -0.369 e. The molecule has 0 radical (unpaired) electrons. The third-order valence-electron chi connectivity index (χ3n) is 7.77. The van der Waals surface area contributed by atoms with Gasteiger partial charge in [-0.25, -0.2) is 4.98 Å². The molecule has 33 heavy (non-hydrogen) atoms. The molecule has 9 heteroatoms. The first-order valence-corrected chi connectivity index (χ1v) is 14.3. The van der Waals surface area contributed by atoms with Crippen LogP contribution in [0.25, 0.3) is 0 Å². The summed E-state index contributed by atoms with van der Waals surface area (Å²) >= 11 is 0. The summed E-state index contributed by atoms with van der Waals surface area (Å²) in [5.41, 5.74) is -0.218. The Labute approximate surface area is 192 Å². The summed E-state index contributed by atoms with van der Waals surface area (Å²) in [6, 6.07) is 6.97. The maximum absolute atomic E-state index is 13.6. The molecule has 2 aromatic rings. The maximum Gasteiger partial charge on any atom is 0.421 e. The van der Waals surface area contributed by atoms with E-state index in [1.54, 1.807) is 37.6 Å². The smallest absolute Gasteiger partial charge is 0.369 e. The number of hydrogen-bond donors (Lipinski definition) is 2. The fourth-order valence-electron chi connectivity index (χ4n) is 6.40. The number of rotatable bonds is 6. The van der Waals surface area contributed by atoms with Crippen LogP contribution in [0.1, 0.15) is 37.7 Å². The van der Waals surface area contributed by atoms with E-state index in [0.717, 1.165) is 23.3 Å². The Morgan fingerprint density at radius 3 is 2.15 bits per heavy atom. The van der Waals surface area contributed by atoms with Gasteiger partial charge >= 0.3 is 6.18 Å². The zero-order chi connectivity index (χ0) is 23.4. The number of halogens is 3. The molecule has 1 heterocycles. The fraction of sp³-hybridized carbons (Fsp3) is 0.583. The van der Waals surface area contributed by atoms with Crippen molar-refractivity contribution < 1.29 is 17.7 Å². The van der Waals surface area contributed by atoms with Crippen LogP contribution in [0.15, 0.2) is 30.5 Å². The van der Waals surface area contributed by atoms with Crippen LogP contribution < -0.4 is 15.9 Å². The fourth-order valence-corrected chi connectivity index (χ4v) is 7.27. The molecule has 4 aliphatic rings. The molecule has 0 aliphatic heterocycles. The van der Waals surface area contributed by atoms with Gasteiger partial charge in [0.1, 0.15) is 18.5 Å². The minimum atomic E-state index is -4.53. The highest BCUT2D eigenvalue weighted by Gasteiger charge is 2.48. The van der Waals surface area contributed by atoms with Crippen LogP contribution in [0.5, 0.6) is 0 Å². The highest BCUT2D eigenvalue weighted by Crippen LogP contribution is 2.56. The van der Waals surface area contributed by atoms with Crippen LogP contribution in [-0.4, -0.2) is 29.8 Å². The molecule has 2 N–H and O–H groups in total. The molecule has 1 aromatic heterocycles. The molecule has 4 saturated carbocycles. The molecule has 4 fully saturated rings. The van der Waals surface area contributed by atoms with Crippen LogP contribution in [0, 0.1) is 29.6 Å². The van der Waals surface area contributed by atoms with Crippen molar-refractivity contribution >= 4 is 29.9 Å². The van der Waals surface area contributed by atoms with Crippen molar-refractivity contribution in [1.82, 2.24) is 9.97 Å². The van der Waals surface area contributed by atoms with E-state index in [0.29, 0.717) is 30.0 Å². The van der Waals surface area contributed by atoms with Crippen LogP contribution in [0.3, 0.4) is 0 Å². The first-order valence-electron chi connectivity index (χ1n) is 11.7. The molecule has 0 atom stereocenters. The largest absolute Gasteiger partial charge is 0.421 e. The lowest BCUT2D eigenvalue weighted by atomic mass is 9.52. The number of alkyl halides is 3. The highest BCUT2D eigenvalue weighted by atomic mass is 31.2. The van der Waals surface area contributed by atoms with Gasteiger partial charge < -0.3 is 15.2 Å². The molecular formula is C24H30F3N4OP. The van der Waals surface area contributed by atoms with Crippen molar-refractivity contribution in [3.8, 4) is 0 Å². The van der Waals surface area contributed by atoms with Gasteiger partial charge in [0.2, 0.25) is 5.95 Å². The monoisotopic (exact) mass is 478 g/mol. The first kappa shape index (κ1) is 22.7. The second kappa shape index (κ2) is 8.30. The summed E-state index contributed by atoms with van der Waals surface area (Å²) in [4.78, 5) is 8.10. The number of hydrogen-bond acceptors (Lipinski definition) is 5. The van der Waals surface area contributed by atoms with Gasteiger partial charge in [-0.15, -0.1) is 0 Å². The van der Waals surface area contributed by atoms with Gasteiger partial charge in [0.05, 0.1) is 0 Å². The van der Waals surface area contributed by atoms with Gasteiger partial charge in [-0.05, 0) is 99.3 Å². The standard InChI is InChI=1S/C24H30F3N4OP/c1-33(2,32)19-5-3-18(4-6-19)30-23-29-13-21(24(25,26)27)22(31-23)28-12-20-16-8-14-7-15(10-16)11-17(20)9-14/h3-6,13-17,20H,7-12H2,1-2H3,(H2,28,29,30,31). The van der Waals surface area contributed by atoms with E-state index in [1.165, 1.54) is 32.1 Å². The Morgan fingerprint density at radius 1 is 1.00 bits per heavy atom. The summed E-state index contributed by atoms with van der Waals surface area (Å²) in [5.74, 6) is 3.23. The molecule has 1 aromatic carbocycles. The van der Waals surface area contributed by atoms with Crippen molar-refractivity contribution in [3.63, 3.8) is 0 Å².